The molecule has 5 nitrogen and oxygen atoms in total. The fourth-order valence-corrected chi connectivity index (χ4v) is 4.11. The molecule has 0 atom stereocenters. The summed E-state index contributed by atoms with van der Waals surface area (Å²) in [6.45, 7) is 4.57. The molecule has 0 unspecified atom stereocenters. The van der Waals surface area contributed by atoms with Gasteiger partial charge in [-0.3, -0.25) is 4.79 Å². The average molecular weight is 449 g/mol. The molecule has 4 aromatic rings. The summed E-state index contributed by atoms with van der Waals surface area (Å²) < 4.78 is 4.41. The van der Waals surface area contributed by atoms with E-state index in [0.29, 0.717) is 18.0 Å². The average Bonchev–Trinajstić information content (AvgIpc) is 3.44. The first-order valence-electron chi connectivity index (χ1n) is 9.82. The van der Waals surface area contributed by atoms with Crippen molar-refractivity contribution in [1.29, 1.82) is 0 Å². The van der Waals surface area contributed by atoms with Gasteiger partial charge in [-0.15, -0.1) is 0 Å². The molecular formula is C23H21BrN4O. The molecule has 2 aromatic heterocycles. The number of aromatic nitrogens is 4. The smallest absolute Gasteiger partial charge is 0.265 e. The van der Waals surface area contributed by atoms with Gasteiger partial charge in [-0.1, -0.05) is 45.8 Å². The van der Waals surface area contributed by atoms with Gasteiger partial charge in [-0.25, -0.2) is 9.36 Å². The van der Waals surface area contributed by atoms with Crippen LogP contribution in [-0.2, 0) is 6.54 Å². The van der Waals surface area contributed by atoms with E-state index in [1.165, 1.54) is 5.56 Å². The van der Waals surface area contributed by atoms with E-state index < -0.39 is 0 Å². The van der Waals surface area contributed by atoms with Crippen LogP contribution in [0.3, 0.4) is 0 Å². The highest BCUT2D eigenvalue weighted by Gasteiger charge is 2.30. The monoisotopic (exact) mass is 448 g/mol. The summed E-state index contributed by atoms with van der Waals surface area (Å²) in [5, 5.41) is 10.2. The van der Waals surface area contributed by atoms with E-state index in [1.54, 1.807) is 15.6 Å². The Morgan fingerprint density at radius 2 is 1.86 bits per heavy atom. The molecule has 2 heterocycles. The summed E-state index contributed by atoms with van der Waals surface area (Å²) in [5.41, 5.74) is 5.77. The van der Waals surface area contributed by atoms with Gasteiger partial charge in [0.1, 0.15) is 5.52 Å². The molecule has 6 heteroatoms. The number of halogens is 1. The Balaban J connectivity index is 1.71. The van der Waals surface area contributed by atoms with Gasteiger partial charge in [-0.2, -0.15) is 10.2 Å². The maximum Gasteiger partial charge on any atom is 0.293 e. The summed E-state index contributed by atoms with van der Waals surface area (Å²) in [4.78, 5) is 13.5. The van der Waals surface area contributed by atoms with Crippen molar-refractivity contribution in [1.82, 2.24) is 19.6 Å². The Morgan fingerprint density at radius 1 is 1.10 bits per heavy atom. The van der Waals surface area contributed by atoms with Crippen molar-refractivity contribution in [3.05, 3.63) is 85.9 Å². The lowest BCUT2D eigenvalue weighted by Gasteiger charge is -2.12. The minimum Gasteiger partial charge on any atom is -0.265 e. The zero-order chi connectivity index (χ0) is 20.1. The Bertz CT molecular complexity index is 1280. The van der Waals surface area contributed by atoms with Crippen LogP contribution in [0.1, 0.15) is 41.1 Å². The largest absolute Gasteiger partial charge is 0.293 e. The molecule has 146 valence electrons. The topological polar surface area (TPSA) is 52.7 Å². The fraction of sp³-hybridized carbons (Fsp3) is 0.261. The molecule has 1 aliphatic carbocycles. The Kier molecular flexibility index (Phi) is 4.39. The molecule has 0 N–H and O–H groups in total. The van der Waals surface area contributed by atoms with Crippen molar-refractivity contribution in [2.75, 3.05) is 0 Å². The summed E-state index contributed by atoms with van der Waals surface area (Å²) >= 11 is 3.46. The van der Waals surface area contributed by atoms with Gasteiger partial charge in [0.2, 0.25) is 0 Å². The molecule has 1 fully saturated rings. The maximum atomic E-state index is 13.5. The fourth-order valence-electron chi connectivity index (χ4n) is 3.85. The van der Waals surface area contributed by atoms with Gasteiger partial charge in [0.15, 0.2) is 0 Å². The summed E-state index contributed by atoms with van der Waals surface area (Å²) in [5.74, 6) is 0.422. The van der Waals surface area contributed by atoms with Crippen molar-refractivity contribution in [3.63, 3.8) is 0 Å². The van der Waals surface area contributed by atoms with E-state index in [9.17, 15) is 4.79 Å². The predicted octanol–water partition coefficient (Wildman–Crippen LogP) is 4.89. The molecule has 5 rings (SSSR count). The second-order valence-electron chi connectivity index (χ2n) is 7.86. The van der Waals surface area contributed by atoms with Crippen LogP contribution in [0.4, 0.5) is 0 Å². The van der Waals surface area contributed by atoms with E-state index in [0.717, 1.165) is 45.2 Å². The third-order valence-electron chi connectivity index (χ3n) is 5.50. The van der Waals surface area contributed by atoms with Crippen molar-refractivity contribution in [2.45, 2.75) is 39.2 Å². The Hall–Kier alpha value is -2.73. The van der Waals surface area contributed by atoms with Crippen LogP contribution in [0, 0.1) is 13.8 Å². The highest BCUT2D eigenvalue weighted by atomic mass is 79.9. The normalized spacial score (nSPS) is 13.9. The van der Waals surface area contributed by atoms with E-state index in [-0.39, 0.29) is 5.56 Å². The number of rotatable bonds is 4. The molecule has 0 bridgehead atoms. The van der Waals surface area contributed by atoms with Crippen LogP contribution >= 0.6 is 15.9 Å². The van der Waals surface area contributed by atoms with Crippen molar-refractivity contribution >= 4 is 26.8 Å². The maximum absolute atomic E-state index is 13.5. The minimum atomic E-state index is -0.107. The molecule has 2 aromatic carbocycles. The van der Waals surface area contributed by atoms with Crippen molar-refractivity contribution in [2.24, 2.45) is 0 Å². The third-order valence-corrected chi connectivity index (χ3v) is 6.03. The van der Waals surface area contributed by atoms with Crippen LogP contribution < -0.4 is 5.56 Å². The zero-order valence-corrected chi connectivity index (χ0v) is 18.0. The van der Waals surface area contributed by atoms with Crippen molar-refractivity contribution < 1.29 is 0 Å². The van der Waals surface area contributed by atoms with Gasteiger partial charge in [0, 0.05) is 15.8 Å². The van der Waals surface area contributed by atoms with Crippen LogP contribution in [-0.4, -0.2) is 19.6 Å². The molecule has 0 spiro atoms. The number of fused-ring (bicyclic) bond motifs is 1. The Morgan fingerprint density at radius 3 is 2.55 bits per heavy atom. The SMILES string of the molecule is Cc1ccc(-n2ncc3c(C4CC4)nn(Cc4ccc(Br)cc4)c(=O)c32)c(C)c1. The first kappa shape index (κ1) is 18.3. The second-order valence-corrected chi connectivity index (χ2v) is 8.77. The first-order valence-corrected chi connectivity index (χ1v) is 10.6. The molecule has 1 saturated carbocycles. The minimum absolute atomic E-state index is 0.107. The summed E-state index contributed by atoms with van der Waals surface area (Å²) in [6, 6.07) is 14.2. The van der Waals surface area contributed by atoms with Gasteiger partial charge in [-0.05, 0) is 56.0 Å². The number of benzene rings is 2. The number of aryl methyl sites for hydroxylation is 2. The zero-order valence-electron chi connectivity index (χ0n) is 16.4. The van der Waals surface area contributed by atoms with Crippen LogP contribution in [0.2, 0.25) is 0 Å². The van der Waals surface area contributed by atoms with E-state index >= 15 is 0 Å². The van der Waals surface area contributed by atoms with Gasteiger partial charge in [0.25, 0.3) is 5.56 Å². The third kappa shape index (κ3) is 3.31. The van der Waals surface area contributed by atoms with Crippen LogP contribution in [0.5, 0.6) is 0 Å². The van der Waals surface area contributed by atoms with E-state index in [4.69, 9.17) is 5.10 Å². The van der Waals surface area contributed by atoms with Gasteiger partial charge in [0.05, 0.1) is 24.1 Å². The molecular weight excluding hydrogens is 428 g/mol. The lowest BCUT2D eigenvalue weighted by Crippen LogP contribution is -2.26. The molecule has 0 radical (unpaired) electrons. The van der Waals surface area contributed by atoms with Crippen LogP contribution in [0.25, 0.3) is 16.6 Å². The standard InChI is InChI=1S/C23H21BrN4O/c1-14-3-10-20(15(2)11-14)28-22-19(12-25-28)21(17-6-7-17)26-27(23(22)29)13-16-4-8-18(24)9-5-16/h3-5,8-12,17H,6-7,13H2,1-2H3. The second kappa shape index (κ2) is 6.95. The summed E-state index contributed by atoms with van der Waals surface area (Å²) in [6.07, 6.45) is 4.04. The number of hydrogen-bond donors (Lipinski definition) is 0. The number of hydrogen-bond acceptors (Lipinski definition) is 3. The highest BCUT2D eigenvalue weighted by molar-refractivity contribution is 9.10. The first-order chi connectivity index (χ1) is 14.0. The molecule has 0 saturated heterocycles. The molecule has 1 aliphatic rings. The van der Waals surface area contributed by atoms with Crippen molar-refractivity contribution in [3.8, 4) is 5.69 Å². The predicted molar refractivity (Wildman–Crippen MR) is 118 cm³/mol. The lowest BCUT2D eigenvalue weighted by atomic mass is 10.1. The lowest BCUT2D eigenvalue weighted by molar-refractivity contribution is 0.626. The molecule has 0 amide bonds. The van der Waals surface area contributed by atoms with E-state index in [1.807, 2.05) is 30.3 Å². The molecule has 29 heavy (non-hydrogen) atoms. The van der Waals surface area contributed by atoms with E-state index in [2.05, 4.69) is 47.0 Å². The number of nitrogens with zero attached hydrogens (tertiary/aromatic N) is 4. The molecule has 0 aliphatic heterocycles. The van der Waals surface area contributed by atoms with Crippen LogP contribution in [0.15, 0.2) is 57.9 Å². The van der Waals surface area contributed by atoms with Gasteiger partial charge >= 0.3 is 0 Å². The highest BCUT2D eigenvalue weighted by Crippen LogP contribution is 2.41. The quantitative estimate of drug-likeness (QED) is 0.446. The van der Waals surface area contributed by atoms with Gasteiger partial charge < -0.3 is 0 Å². The Labute approximate surface area is 177 Å². The summed E-state index contributed by atoms with van der Waals surface area (Å²) in [7, 11) is 0.